The molecule has 2 nitrogen and oxygen atoms in total. The van der Waals surface area contributed by atoms with Gasteiger partial charge in [-0.05, 0) is 44.2 Å². The molecule has 1 saturated carbocycles. The van der Waals surface area contributed by atoms with Crippen LogP contribution in [-0.4, -0.2) is 17.5 Å². The van der Waals surface area contributed by atoms with E-state index in [2.05, 4.69) is 75.9 Å². The van der Waals surface area contributed by atoms with E-state index in [0.717, 1.165) is 8.96 Å². The van der Waals surface area contributed by atoms with Gasteiger partial charge < -0.3 is 4.74 Å². The minimum Gasteiger partial charge on any atom is -0.360 e. The van der Waals surface area contributed by atoms with Crippen LogP contribution in [0.5, 0.6) is 0 Å². The zero-order chi connectivity index (χ0) is 13.5. The average Bonchev–Trinajstić information content (AvgIpc) is 2.91. The molecule has 1 saturated heterocycles. The number of Topliss-reactive ketones (excluding diaryl/α,β-unsaturated/α-hetero) is 1. The molecule has 0 aromatic heterocycles. The molecule has 4 rings (SSSR count). The zero-order valence-electron chi connectivity index (χ0n) is 9.50. The first-order valence-electron chi connectivity index (χ1n) is 6.01. The number of rotatable bonds is 0. The SMILES string of the molecule is O=C1C(Br)=C(Br)C2(O[C@@H]3[C@H]2[C@H]2C=C[C@@H]3C2)C(Br)=C1Br. The van der Waals surface area contributed by atoms with Crippen molar-refractivity contribution in [2.45, 2.75) is 18.1 Å². The molecular formula is C13H8Br4O2. The number of hydrogen-bond acceptors (Lipinski definition) is 2. The van der Waals surface area contributed by atoms with Gasteiger partial charge in [-0.3, -0.25) is 4.79 Å². The lowest BCUT2D eigenvalue weighted by molar-refractivity contribution is -0.215. The predicted octanol–water partition coefficient (Wildman–Crippen LogP) is 4.53. The second-order valence-electron chi connectivity index (χ2n) is 5.38. The summed E-state index contributed by atoms with van der Waals surface area (Å²) in [6.07, 6.45) is 6.02. The quantitative estimate of drug-likeness (QED) is 0.443. The third kappa shape index (κ3) is 1.43. The van der Waals surface area contributed by atoms with Crippen molar-refractivity contribution in [3.05, 3.63) is 30.1 Å². The summed E-state index contributed by atoms with van der Waals surface area (Å²) >= 11 is 13.9. The summed E-state index contributed by atoms with van der Waals surface area (Å²) in [5.41, 5.74) is -0.527. The third-order valence-electron chi connectivity index (χ3n) is 4.61. The Morgan fingerprint density at radius 1 is 1.05 bits per heavy atom. The van der Waals surface area contributed by atoms with E-state index >= 15 is 0 Å². The van der Waals surface area contributed by atoms with Gasteiger partial charge >= 0.3 is 0 Å². The molecule has 4 atom stereocenters. The first kappa shape index (κ1) is 13.4. The fourth-order valence-corrected chi connectivity index (χ4v) is 6.80. The van der Waals surface area contributed by atoms with Crippen molar-refractivity contribution >= 4 is 69.5 Å². The molecule has 2 fully saturated rings. The molecule has 1 heterocycles. The van der Waals surface area contributed by atoms with Crippen molar-refractivity contribution < 1.29 is 9.53 Å². The van der Waals surface area contributed by atoms with Crippen molar-refractivity contribution in [1.82, 2.24) is 0 Å². The Labute approximate surface area is 144 Å². The molecule has 100 valence electrons. The molecule has 0 N–H and O–H groups in total. The van der Waals surface area contributed by atoms with Gasteiger partial charge in [0.1, 0.15) is 5.60 Å². The molecule has 0 aromatic rings. The molecule has 1 spiro atoms. The van der Waals surface area contributed by atoms with Crippen LogP contribution in [0, 0.1) is 17.8 Å². The summed E-state index contributed by atoms with van der Waals surface area (Å²) in [5, 5.41) is 0. The van der Waals surface area contributed by atoms with Crippen LogP contribution in [0.25, 0.3) is 0 Å². The highest BCUT2D eigenvalue weighted by atomic mass is 79.9. The molecule has 19 heavy (non-hydrogen) atoms. The number of hydrogen-bond donors (Lipinski definition) is 0. The zero-order valence-corrected chi connectivity index (χ0v) is 15.8. The number of ether oxygens (including phenoxy) is 1. The van der Waals surface area contributed by atoms with Crippen LogP contribution < -0.4 is 0 Å². The second kappa shape index (κ2) is 4.15. The number of carbonyl (C=O) groups is 1. The van der Waals surface area contributed by atoms with E-state index in [1.54, 1.807) is 0 Å². The lowest BCUT2D eigenvalue weighted by atomic mass is 9.69. The van der Waals surface area contributed by atoms with Gasteiger partial charge in [0.05, 0.1) is 24.0 Å². The second-order valence-corrected chi connectivity index (χ2v) is 8.55. The lowest BCUT2D eigenvalue weighted by Crippen LogP contribution is -2.63. The van der Waals surface area contributed by atoms with Crippen molar-refractivity contribution in [3.8, 4) is 0 Å². The Morgan fingerprint density at radius 3 is 2.21 bits per heavy atom. The maximum absolute atomic E-state index is 12.1. The van der Waals surface area contributed by atoms with E-state index in [4.69, 9.17) is 4.74 Å². The van der Waals surface area contributed by atoms with Gasteiger partial charge in [0, 0.05) is 11.8 Å². The van der Waals surface area contributed by atoms with Gasteiger partial charge in [-0.1, -0.05) is 44.0 Å². The maximum Gasteiger partial charge on any atom is 0.208 e. The summed E-state index contributed by atoms with van der Waals surface area (Å²) in [7, 11) is 0. The van der Waals surface area contributed by atoms with Gasteiger partial charge in [0.15, 0.2) is 0 Å². The molecule has 2 bridgehead atoms. The summed E-state index contributed by atoms with van der Waals surface area (Å²) < 4.78 is 8.98. The van der Waals surface area contributed by atoms with E-state index in [-0.39, 0.29) is 11.9 Å². The molecule has 0 radical (unpaired) electrons. The minimum atomic E-state index is -0.527. The Bertz CT molecular complexity index is 576. The summed E-state index contributed by atoms with van der Waals surface area (Å²) in [6, 6.07) is 0. The fourth-order valence-electron chi connectivity index (χ4n) is 3.81. The highest BCUT2D eigenvalue weighted by Crippen LogP contribution is 2.67. The first-order valence-corrected chi connectivity index (χ1v) is 9.18. The predicted molar refractivity (Wildman–Crippen MR) is 86.6 cm³/mol. The molecule has 0 aromatic carbocycles. The van der Waals surface area contributed by atoms with Crippen LogP contribution >= 0.6 is 63.7 Å². The van der Waals surface area contributed by atoms with Gasteiger partial charge in [0.25, 0.3) is 0 Å². The smallest absolute Gasteiger partial charge is 0.208 e. The Hall–Kier alpha value is 0.770. The van der Waals surface area contributed by atoms with E-state index in [1.165, 1.54) is 6.42 Å². The average molecular weight is 516 g/mol. The maximum atomic E-state index is 12.1. The largest absolute Gasteiger partial charge is 0.360 e. The summed E-state index contributed by atoms with van der Waals surface area (Å²) in [4.78, 5) is 12.1. The first-order chi connectivity index (χ1) is 8.98. The van der Waals surface area contributed by atoms with Crippen molar-refractivity contribution in [2.24, 2.45) is 17.8 Å². The van der Waals surface area contributed by atoms with Crippen LogP contribution in [0.4, 0.5) is 0 Å². The van der Waals surface area contributed by atoms with Crippen LogP contribution in [0.15, 0.2) is 30.1 Å². The topological polar surface area (TPSA) is 26.3 Å². The van der Waals surface area contributed by atoms with Gasteiger partial charge in [-0.15, -0.1) is 0 Å². The highest BCUT2D eigenvalue weighted by Gasteiger charge is 2.69. The number of carbonyl (C=O) groups excluding carboxylic acids is 1. The summed E-state index contributed by atoms with van der Waals surface area (Å²) in [6.45, 7) is 0. The van der Waals surface area contributed by atoms with E-state index in [9.17, 15) is 4.79 Å². The Morgan fingerprint density at radius 2 is 1.63 bits per heavy atom. The van der Waals surface area contributed by atoms with Crippen LogP contribution in [0.3, 0.4) is 0 Å². The van der Waals surface area contributed by atoms with Gasteiger partial charge in [-0.25, -0.2) is 0 Å². The Balaban J connectivity index is 1.88. The van der Waals surface area contributed by atoms with Crippen molar-refractivity contribution in [2.75, 3.05) is 0 Å². The molecule has 4 aliphatic rings. The van der Waals surface area contributed by atoms with E-state index < -0.39 is 5.60 Å². The molecule has 3 aliphatic carbocycles. The monoisotopic (exact) mass is 512 g/mol. The van der Waals surface area contributed by atoms with Gasteiger partial charge in [-0.2, -0.15) is 0 Å². The molecule has 6 heteroatoms. The standard InChI is InChI=1S/C13H8Br4O2/c14-7-9(18)8(15)12(17)13(11(7)16)6-4-1-2-5(3-4)10(6)19-13/h1-2,4-6,10H,3H2/t4-,5+,6+,10-/m0/s1. The van der Waals surface area contributed by atoms with E-state index in [1.807, 2.05) is 0 Å². The van der Waals surface area contributed by atoms with Crippen molar-refractivity contribution in [1.29, 1.82) is 0 Å². The van der Waals surface area contributed by atoms with Crippen LogP contribution in [-0.2, 0) is 9.53 Å². The normalized spacial score (nSPS) is 42.2. The molecule has 0 unspecified atom stereocenters. The molecule has 0 amide bonds. The van der Waals surface area contributed by atoms with Crippen molar-refractivity contribution in [3.63, 3.8) is 0 Å². The number of ketones is 1. The Kier molecular flexibility index (Phi) is 2.94. The minimum absolute atomic E-state index is 0.0601. The fraction of sp³-hybridized carbons (Fsp3) is 0.462. The molecule has 1 aliphatic heterocycles. The van der Waals surface area contributed by atoms with Gasteiger partial charge in [0.2, 0.25) is 5.78 Å². The van der Waals surface area contributed by atoms with E-state index in [0.29, 0.717) is 26.7 Å². The number of allylic oxidation sites excluding steroid dienone is 3. The van der Waals surface area contributed by atoms with Crippen LogP contribution in [0.2, 0.25) is 0 Å². The summed E-state index contributed by atoms with van der Waals surface area (Å²) in [5.74, 6) is 1.42. The highest BCUT2D eigenvalue weighted by molar-refractivity contribution is 9.15. The number of fused-ring (bicyclic) bond motifs is 6. The van der Waals surface area contributed by atoms with Crippen LogP contribution in [0.1, 0.15) is 6.42 Å². The third-order valence-corrected chi connectivity index (χ3v) is 9.16. The lowest BCUT2D eigenvalue weighted by Gasteiger charge is -2.57. The molecular weight excluding hydrogens is 508 g/mol. The number of halogens is 4.